The first-order valence-electron chi connectivity index (χ1n) is 6.16. The minimum absolute atomic E-state index is 0.00814. The SMILES string of the molecule is CCC(=O)C(Cc1ccc(C#N)cc1)C(=O)CC. The molecule has 0 amide bonds. The first-order chi connectivity index (χ1) is 8.62. The van der Waals surface area contributed by atoms with Gasteiger partial charge in [0.25, 0.3) is 0 Å². The van der Waals surface area contributed by atoms with Crippen LogP contribution in [0.25, 0.3) is 0 Å². The van der Waals surface area contributed by atoms with Crippen molar-refractivity contribution in [2.75, 3.05) is 0 Å². The van der Waals surface area contributed by atoms with Gasteiger partial charge in [0.2, 0.25) is 0 Å². The number of Topliss-reactive ketones (excluding diaryl/α,β-unsaturated/α-hetero) is 2. The highest BCUT2D eigenvalue weighted by Crippen LogP contribution is 2.15. The summed E-state index contributed by atoms with van der Waals surface area (Å²) in [6.45, 7) is 3.55. The van der Waals surface area contributed by atoms with Crippen molar-refractivity contribution in [3.63, 3.8) is 0 Å². The smallest absolute Gasteiger partial charge is 0.143 e. The molecule has 0 unspecified atom stereocenters. The van der Waals surface area contributed by atoms with Crippen LogP contribution < -0.4 is 0 Å². The van der Waals surface area contributed by atoms with E-state index in [1.807, 2.05) is 6.07 Å². The number of nitriles is 1. The Labute approximate surface area is 107 Å². The lowest BCUT2D eigenvalue weighted by Gasteiger charge is -2.13. The lowest BCUT2D eigenvalue weighted by atomic mass is 9.89. The quantitative estimate of drug-likeness (QED) is 0.722. The molecule has 1 rings (SSSR count). The van der Waals surface area contributed by atoms with Gasteiger partial charge in [-0.3, -0.25) is 9.59 Å². The minimum Gasteiger partial charge on any atom is -0.299 e. The maximum absolute atomic E-state index is 11.8. The second kappa shape index (κ2) is 6.70. The zero-order valence-corrected chi connectivity index (χ0v) is 10.8. The summed E-state index contributed by atoms with van der Waals surface area (Å²) in [6.07, 6.45) is 1.20. The molecular formula is C15H17NO2. The normalized spacial score (nSPS) is 10.1. The van der Waals surface area contributed by atoms with Crippen molar-refractivity contribution in [2.45, 2.75) is 33.1 Å². The number of hydrogen-bond donors (Lipinski definition) is 0. The van der Waals surface area contributed by atoms with Crippen molar-refractivity contribution in [2.24, 2.45) is 5.92 Å². The monoisotopic (exact) mass is 243 g/mol. The number of benzene rings is 1. The van der Waals surface area contributed by atoms with Crippen LogP contribution in [0, 0.1) is 17.2 Å². The van der Waals surface area contributed by atoms with Gasteiger partial charge in [-0.05, 0) is 24.1 Å². The molecule has 0 aromatic heterocycles. The molecule has 0 heterocycles. The molecule has 94 valence electrons. The standard InChI is InChI=1S/C15H17NO2/c1-3-14(17)13(15(18)4-2)9-11-5-7-12(10-16)8-6-11/h5-8,13H,3-4,9H2,1-2H3. The van der Waals surface area contributed by atoms with Crippen LogP contribution in [0.15, 0.2) is 24.3 Å². The van der Waals surface area contributed by atoms with Crippen molar-refractivity contribution in [3.05, 3.63) is 35.4 Å². The Balaban J connectivity index is 2.86. The van der Waals surface area contributed by atoms with Crippen LogP contribution in [0.1, 0.15) is 37.8 Å². The molecule has 0 saturated carbocycles. The maximum Gasteiger partial charge on any atom is 0.143 e. The van der Waals surface area contributed by atoms with E-state index in [2.05, 4.69) is 0 Å². The van der Waals surface area contributed by atoms with Crippen LogP contribution in [0.4, 0.5) is 0 Å². The number of hydrogen-bond acceptors (Lipinski definition) is 3. The van der Waals surface area contributed by atoms with Gasteiger partial charge in [0.05, 0.1) is 17.6 Å². The fourth-order valence-corrected chi connectivity index (χ4v) is 1.85. The topological polar surface area (TPSA) is 57.9 Å². The van der Waals surface area contributed by atoms with Crippen LogP contribution in [0.3, 0.4) is 0 Å². The number of nitrogens with zero attached hydrogens (tertiary/aromatic N) is 1. The summed E-state index contributed by atoms with van der Waals surface area (Å²) in [7, 11) is 0. The Bertz CT molecular complexity index is 452. The van der Waals surface area contributed by atoms with Gasteiger partial charge in [0.15, 0.2) is 0 Å². The van der Waals surface area contributed by atoms with Gasteiger partial charge in [0.1, 0.15) is 11.6 Å². The lowest BCUT2D eigenvalue weighted by Crippen LogP contribution is -2.25. The Hall–Kier alpha value is -1.95. The van der Waals surface area contributed by atoms with E-state index in [1.165, 1.54) is 0 Å². The van der Waals surface area contributed by atoms with Gasteiger partial charge < -0.3 is 0 Å². The number of carbonyl (C=O) groups is 2. The van der Waals surface area contributed by atoms with Crippen molar-refractivity contribution >= 4 is 11.6 Å². The first-order valence-corrected chi connectivity index (χ1v) is 6.16. The average Bonchev–Trinajstić information content (AvgIpc) is 2.43. The van der Waals surface area contributed by atoms with Crippen molar-refractivity contribution in [1.29, 1.82) is 5.26 Å². The minimum atomic E-state index is -0.534. The highest BCUT2D eigenvalue weighted by atomic mass is 16.1. The van der Waals surface area contributed by atoms with E-state index in [0.29, 0.717) is 24.8 Å². The van der Waals surface area contributed by atoms with E-state index < -0.39 is 5.92 Å². The van der Waals surface area contributed by atoms with Crippen LogP contribution in [-0.4, -0.2) is 11.6 Å². The fraction of sp³-hybridized carbons (Fsp3) is 0.400. The molecular weight excluding hydrogens is 226 g/mol. The Morgan fingerprint density at radius 2 is 1.61 bits per heavy atom. The summed E-state index contributed by atoms with van der Waals surface area (Å²) < 4.78 is 0. The van der Waals surface area contributed by atoms with Crippen molar-refractivity contribution < 1.29 is 9.59 Å². The average molecular weight is 243 g/mol. The predicted octanol–water partition coefficient (Wildman–Crippen LogP) is 2.68. The van der Waals surface area contributed by atoms with Gasteiger partial charge in [-0.25, -0.2) is 0 Å². The molecule has 0 atom stereocenters. The molecule has 0 saturated heterocycles. The van der Waals surface area contributed by atoms with Crippen LogP contribution in [0.5, 0.6) is 0 Å². The molecule has 0 aliphatic carbocycles. The van der Waals surface area contributed by atoms with E-state index in [1.54, 1.807) is 38.1 Å². The molecule has 1 aromatic rings. The van der Waals surface area contributed by atoms with E-state index in [0.717, 1.165) is 5.56 Å². The largest absolute Gasteiger partial charge is 0.299 e. The number of carbonyl (C=O) groups excluding carboxylic acids is 2. The summed E-state index contributed by atoms with van der Waals surface area (Å²) in [5, 5.41) is 8.70. The second-order valence-electron chi connectivity index (χ2n) is 4.21. The zero-order chi connectivity index (χ0) is 13.5. The van der Waals surface area contributed by atoms with Crippen molar-refractivity contribution in [3.8, 4) is 6.07 Å². The van der Waals surface area contributed by atoms with Crippen LogP contribution in [0.2, 0.25) is 0 Å². The highest BCUT2D eigenvalue weighted by Gasteiger charge is 2.23. The molecule has 0 spiro atoms. The van der Waals surface area contributed by atoms with E-state index in [-0.39, 0.29) is 11.6 Å². The van der Waals surface area contributed by atoms with Gasteiger partial charge >= 0.3 is 0 Å². The third-order valence-electron chi connectivity index (χ3n) is 3.00. The molecule has 3 heteroatoms. The molecule has 1 aromatic carbocycles. The van der Waals surface area contributed by atoms with Gasteiger partial charge in [-0.2, -0.15) is 5.26 Å². The van der Waals surface area contributed by atoms with Crippen LogP contribution in [-0.2, 0) is 16.0 Å². The second-order valence-corrected chi connectivity index (χ2v) is 4.21. The molecule has 3 nitrogen and oxygen atoms in total. The molecule has 18 heavy (non-hydrogen) atoms. The summed E-state index contributed by atoms with van der Waals surface area (Å²) in [6, 6.07) is 9.06. The van der Waals surface area contributed by atoms with Gasteiger partial charge in [-0.15, -0.1) is 0 Å². The van der Waals surface area contributed by atoms with Crippen molar-refractivity contribution in [1.82, 2.24) is 0 Å². The van der Waals surface area contributed by atoms with Gasteiger partial charge in [-0.1, -0.05) is 26.0 Å². The van der Waals surface area contributed by atoms with E-state index in [4.69, 9.17) is 5.26 Å². The third kappa shape index (κ3) is 3.53. The molecule has 0 N–H and O–H groups in total. The van der Waals surface area contributed by atoms with Crippen LogP contribution >= 0.6 is 0 Å². The first kappa shape index (κ1) is 14.1. The van der Waals surface area contributed by atoms with E-state index in [9.17, 15) is 9.59 Å². The summed E-state index contributed by atoms with van der Waals surface area (Å²) >= 11 is 0. The number of ketones is 2. The number of rotatable bonds is 6. The fourth-order valence-electron chi connectivity index (χ4n) is 1.85. The van der Waals surface area contributed by atoms with E-state index >= 15 is 0 Å². The molecule has 0 aliphatic rings. The molecule has 0 fully saturated rings. The molecule has 0 aliphatic heterocycles. The summed E-state index contributed by atoms with van der Waals surface area (Å²) in [4.78, 5) is 23.5. The summed E-state index contributed by atoms with van der Waals surface area (Å²) in [5.74, 6) is -0.551. The summed E-state index contributed by atoms with van der Waals surface area (Å²) in [5.41, 5.74) is 1.50. The Kier molecular flexibility index (Phi) is 5.26. The Morgan fingerprint density at radius 3 is 2.00 bits per heavy atom. The predicted molar refractivity (Wildman–Crippen MR) is 68.9 cm³/mol. The zero-order valence-electron chi connectivity index (χ0n) is 10.8. The third-order valence-corrected chi connectivity index (χ3v) is 3.00. The maximum atomic E-state index is 11.8. The Morgan fingerprint density at radius 1 is 1.11 bits per heavy atom. The lowest BCUT2D eigenvalue weighted by molar-refractivity contribution is -0.132. The van der Waals surface area contributed by atoms with Gasteiger partial charge in [0, 0.05) is 12.8 Å². The molecule has 0 radical (unpaired) electrons. The molecule has 0 bridgehead atoms. The highest BCUT2D eigenvalue weighted by molar-refractivity contribution is 6.02.